The summed E-state index contributed by atoms with van der Waals surface area (Å²) in [4.78, 5) is 9.66. The van der Waals surface area contributed by atoms with Crippen molar-refractivity contribution in [3.05, 3.63) is 23.9 Å². The molecule has 0 aliphatic carbocycles. The lowest BCUT2D eigenvalue weighted by molar-refractivity contribution is 0.102. The molecular formula is C16H26N4. The molecule has 2 unspecified atom stereocenters. The molecule has 0 amide bonds. The fraction of sp³-hybridized carbons (Fsp3) is 0.688. The molecular weight excluding hydrogens is 248 g/mol. The molecule has 0 saturated carbocycles. The van der Waals surface area contributed by atoms with Crippen molar-refractivity contribution >= 4 is 5.82 Å². The number of nitrogens with zero attached hydrogens (tertiary/aromatic N) is 3. The number of piperidine rings is 2. The highest BCUT2D eigenvalue weighted by Crippen LogP contribution is 2.31. The molecule has 2 aliphatic heterocycles. The fourth-order valence-corrected chi connectivity index (χ4v) is 3.78. The molecule has 0 radical (unpaired) electrons. The number of pyridine rings is 1. The lowest BCUT2D eigenvalue weighted by atomic mass is 9.84. The Morgan fingerprint density at radius 1 is 1.30 bits per heavy atom. The van der Waals surface area contributed by atoms with Crippen LogP contribution in [-0.4, -0.2) is 49.2 Å². The van der Waals surface area contributed by atoms with Gasteiger partial charge in [-0.1, -0.05) is 6.07 Å². The highest BCUT2D eigenvalue weighted by atomic mass is 15.2. The topological polar surface area (TPSA) is 45.4 Å². The lowest BCUT2D eigenvalue weighted by Crippen LogP contribution is -2.52. The van der Waals surface area contributed by atoms with Crippen LogP contribution in [0.1, 0.15) is 24.8 Å². The van der Waals surface area contributed by atoms with Crippen LogP contribution in [0, 0.1) is 5.92 Å². The maximum Gasteiger partial charge on any atom is 0.128 e. The quantitative estimate of drug-likeness (QED) is 0.907. The zero-order valence-electron chi connectivity index (χ0n) is 12.5. The van der Waals surface area contributed by atoms with Crippen LogP contribution in [-0.2, 0) is 6.42 Å². The summed E-state index contributed by atoms with van der Waals surface area (Å²) in [6.45, 7) is 4.26. The van der Waals surface area contributed by atoms with Crippen LogP contribution < -0.4 is 10.6 Å². The Morgan fingerprint density at radius 3 is 2.95 bits per heavy atom. The van der Waals surface area contributed by atoms with Crippen molar-refractivity contribution in [2.24, 2.45) is 11.7 Å². The molecule has 2 atom stereocenters. The number of rotatable bonds is 3. The molecule has 20 heavy (non-hydrogen) atoms. The Balaban J connectivity index is 1.66. The molecule has 2 saturated heterocycles. The van der Waals surface area contributed by atoms with Crippen LogP contribution in [0.5, 0.6) is 0 Å². The van der Waals surface area contributed by atoms with E-state index in [2.05, 4.69) is 34.0 Å². The number of hydrogen-bond donors (Lipinski definition) is 1. The van der Waals surface area contributed by atoms with Gasteiger partial charge in [0.25, 0.3) is 0 Å². The van der Waals surface area contributed by atoms with Crippen molar-refractivity contribution in [1.82, 2.24) is 9.88 Å². The van der Waals surface area contributed by atoms with Crippen LogP contribution in [0.4, 0.5) is 5.82 Å². The van der Waals surface area contributed by atoms with Gasteiger partial charge in [-0.15, -0.1) is 0 Å². The SMILES string of the molecule is CN1CCCC2CN(c3ccc(CCN)cn3)CCC21. The van der Waals surface area contributed by atoms with Gasteiger partial charge >= 0.3 is 0 Å². The van der Waals surface area contributed by atoms with Crippen molar-refractivity contribution in [2.75, 3.05) is 38.1 Å². The molecule has 1 aromatic rings. The van der Waals surface area contributed by atoms with Crippen LogP contribution in [0.15, 0.2) is 18.3 Å². The first-order valence-electron chi connectivity index (χ1n) is 7.88. The Labute approximate surface area is 122 Å². The molecule has 2 fully saturated rings. The second kappa shape index (κ2) is 6.10. The monoisotopic (exact) mass is 274 g/mol. The molecule has 3 heterocycles. The minimum Gasteiger partial charge on any atom is -0.356 e. The van der Waals surface area contributed by atoms with E-state index < -0.39 is 0 Å². The Hall–Kier alpha value is -1.13. The van der Waals surface area contributed by atoms with Gasteiger partial charge in [-0.05, 0) is 63.4 Å². The summed E-state index contributed by atoms with van der Waals surface area (Å²) in [6.07, 6.45) is 6.89. The zero-order chi connectivity index (χ0) is 13.9. The van der Waals surface area contributed by atoms with Gasteiger partial charge in [0.05, 0.1) is 0 Å². The number of aromatic nitrogens is 1. The van der Waals surface area contributed by atoms with Gasteiger partial charge in [0.1, 0.15) is 5.82 Å². The third kappa shape index (κ3) is 2.81. The van der Waals surface area contributed by atoms with Gasteiger partial charge in [-0.2, -0.15) is 0 Å². The predicted molar refractivity (Wildman–Crippen MR) is 83.0 cm³/mol. The van der Waals surface area contributed by atoms with Crippen molar-refractivity contribution in [2.45, 2.75) is 31.7 Å². The molecule has 4 heteroatoms. The molecule has 2 aliphatic rings. The van der Waals surface area contributed by atoms with Gasteiger partial charge in [-0.25, -0.2) is 4.98 Å². The van der Waals surface area contributed by atoms with Crippen LogP contribution in [0.25, 0.3) is 0 Å². The standard InChI is InChI=1S/C16H26N4/c1-19-9-2-3-14-12-20(10-7-15(14)19)16-5-4-13(6-8-17)11-18-16/h4-5,11,14-15H,2-3,6-10,12,17H2,1H3. The molecule has 4 nitrogen and oxygen atoms in total. The van der Waals surface area contributed by atoms with E-state index in [-0.39, 0.29) is 0 Å². The lowest BCUT2D eigenvalue weighted by Gasteiger charge is -2.46. The van der Waals surface area contributed by atoms with Gasteiger partial charge < -0.3 is 15.5 Å². The smallest absolute Gasteiger partial charge is 0.128 e. The largest absolute Gasteiger partial charge is 0.356 e. The molecule has 0 aromatic carbocycles. The average molecular weight is 274 g/mol. The molecule has 0 bridgehead atoms. The Bertz CT molecular complexity index is 431. The molecule has 3 rings (SSSR count). The Kier molecular flexibility index (Phi) is 4.22. The van der Waals surface area contributed by atoms with Crippen molar-refractivity contribution < 1.29 is 0 Å². The summed E-state index contributed by atoms with van der Waals surface area (Å²) in [5.74, 6) is 1.95. The van der Waals surface area contributed by atoms with E-state index >= 15 is 0 Å². The summed E-state index contributed by atoms with van der Waals surface area (Å²) >= 11 is 0. The highest BCUT2D eigenvalue weighted by molar-refractivity contribution is 5.40. The van der Waals surface area contributed by atoms with Crippen molar-refractivity contribution in [3.8, 4) is 0 Å². The molecule has 110 valence electrons. The first-order valence-corrected chi connectivity index (χ1v) is 7.88. The summed E-state index contributed by atoms with van der Waals surface area (Å²) in [7, 11) is 2.28. The maximum absolute atomic E-state index is 5.58. The summed E-state index contributed by atoms with van der Waals surface area (Å²) in [5.41, 5.74) is 6.82. The normalized spacial score (nSPS) is 27.4. The third-order valence-electron chi connectivity index (χ3n) is 4.91. The second-order valence-electron chi connectivity index (χ2n) is 6.25. The molecule has 0 spiro atoms. The van der Waals surface area contributed by atoms with E-state index in [4.69, 9.17) is 5.73 Å². The number of nitrogens with two attached hydrogens (primary N) is 1. The highest BCUT2D eigenvalue weighted by Gasteiger charge is 2.34. The van der Waals surface area contributed by atoms with E-state index in [1.165, 1.54) is 31.4 Å². The summed E-state index contributed by atoms with van der Waals surface area (Å²) in [6, 6.07) is 5.13. The average Bonchev–Trinajstić information content (AvgIpc) is 2.48. The van der Waals surface area contributed by atoms with Crippen molar-refractivity contribution in [3.63, 3.8) is 0 Å². The zero-order valence-corrected chi connectivity index (χ0v) is 12.5. The van der Waals surface area contributed by atoms with Gasteiger partial charge in [0, 0.05) is 25.3 Å². The van der Waals surface area contributed by atoms with E-state index in [1.807, 2.05) is 6.20 Å². The van der Waals surface area contributed by atoms with Crippen LogP contribution in [0.3, 0.4) is 0 Å². The Morgan fingerprint density at radius 2 is 2.20 bits per heavy atom. The van der Waals surface area contributed by atoms with E-state index in [9.17, 15) is 0 Å². The fourth-order valence-electron chi connectivity index (χ4n) is 3.78. The van der Waals surface area contributed by atoms with Gasteiger partial charge in [0.15, 0.2) is 0 Å². The summed E-state index contributed by atoms with van der Waals surface area (Å²) in [5, 5.41) is 0. The maximum atomic E-state index is 5.58. The predicted octanol–water partition coefficient (Wildman–Crippen LogP) is 1.50. The third-order valence-corrected chi connectivity index (χ3v) is 4.91. The molecule has 2 N–H and O–H groups in total. The number of fused-ring (bicyclic) bond motifs is 1. The number of likely N-dealkylation sites (tertiary alicyclic amines) is 1. The van der Waals surface area contributed by atoms with E-state index in [0.29, 0.717) is 6.54 Å². The van der Waals surface area contributed by atoms with Crippen LogP contribution >= 0.6 is 0 Å². The van der Waals surface area contributed by atoms with Gasteiger partial charge in [0.2, 0.25) is 0 Å². The number of hydrogen-bond acceptors (Lipinski definition) is 4. The van der Waals surface area contributed by atoms with Crippen LogP contribution in [0.2, 0.25) is 0 Å². The first kappa shape index (κ1) is 13.8. The second-order valence-corrected chi connectivity index (χ2v) is 6.25. The summed E-state index contributed by atoms with van der Waals surface area (Å²) < 4.78 is 0. The minimum absolute atomic E-state index is 0.695. The first-order chi connectivity index (χ1) is 9.78. The molecule has 1 aromatic heterocycles. The van der Waals surface area contributed by atoms with E-state index in [0.717, 1.165) is 37.3 Å². The minimum atomic E-state index is 0.695. The van der Waals surface area contributed by atoms with E-state index in [1.54, 1.807) is 0 Å². The number of anilines is 1. The van der Waals surface area contributed by atoms with Crippen molar-refractivity contribution in [1.29, 1.82) is 0 Å². The van der Waals surface area contributed by atoms with Gasteiger partial charge in [-0.3, -0.25) is 0 Å².